The minimum absolute atomic E-state index is 0.0980. The summed E-state index contributed by atoms with van der Waals surface area (Å²) in [6.45, 7) is 6.25. The number of benzene rings is 1. The maximum atomic E-state index is 11.5. The molecule has 0 aliphatic carbocycles. The van der Waals surface area contributed by atoms with Crippen molar-refractivity contribution < 1.29 is 4.79 Å². The summed E-state index contributed by atoms with van der Waals surface area (Å²) in [5, 5.41) is 2.90. The van der Waals surface area contributed by atoms with E-state index in [0.717, 1.165) is 18.8 Å². The molecule has 0 aliphatic rings. The molecular formula is C16H19N3O. The second kappa shape index (κ2) is 6.70. The second-order valence-corrected chi connectivity index (χ2v) is 4.57. The van der Waals surface area contributed by atoms with Crippen molar-refractivity contribution >= 4 is 5.91 Å². The molecular weight excluding hydrogens is 250 g/mol. The first-order valence-electron chi connectivity index (χ1n) is 6.72. The maximum Gasteiger partial charge on any atom is 0.243 e. The Labute approximate surface area is 119 Å². The van der Waals surface area contributed by atoms with E-state index >= 15 is 0 Å². The number of hydrogen-bond acceptors (Lipinski definition) is 2. The van der Waals surface area contributed by atoms with Gasteiger partial charge in [-0.3, -0.25) is 4.79 Å². The normalized spacial score (nSPS) is 11.8. The fraction of sp³-hybridized carbons (Fsp3) is 0.250. The summed E-state index contributed by atoms with van der Waals surface area (Å²) >= 11 is 0. The van der Waals surface area contributed by atoms with Gasteiger partial charge in [0.05, 0.1) is 6.04 Å². The monoisotopic (exact) mass is 269 g/mol. The fourth-order valence-corrected chi connectivity index (χ4v) is 2.12. The van der Waals surface area contributed by atoms with Crippen LogP contribution >= 0.6 is 0 Å². The predicted molar refractivity (Wildman–Crippen MR) is 79.1 cm³/mol. The number of nitrogens with one attached hydrogen (secondary N) is 1. The highest BCUT2D eigenvalue weighted by Gasteiger charge is 2.16. The van der Waals surface area contributed by atoms with Crippen molar-refractivity contribution in [2.45, 2.75) is 25.9 Å². The number of imidazole rings is 1. The molecule has 0 saturated heterocycles. The van der Waals surface area contributed by atoms with E-state index in [1.807, 2.05) is 31.3 Å². The zero-order valence-corrected chi connectivity index (χ0v) is 11.6. The third kappa shape index (κ3) is 3.35. The van der Waals surface area contributed by atoms with Gasteiger partial charge in [-0.25, -0.2) is 4.98 Å². The Morgan fingerprint density at radius 1 is 1.45 bits per heavy atom. The molecule has 2 rings (SSSR count). The SMILES string of the molecule is C=CC(=O)N[C@H](CC)c1nccn1Cc1ccccc1. The Balaban J connectivity index is 2.18. The van der Waals surface area contributed by atoms with E-state index in [9.17, 15) is 4.79 Å². The highest BCUT2D eigenvalue weighted by atomic mass is 16.1. The first-order valence-corrected chi connectivity index (χ1v) is 6.72. The molecule has 0 fully saturated rings. The first-order chi connectivity index (χ1) is 9.74. The molecule has 1 amide bonds. The molecule has 0 spiro atoms. The molecule has 1 heterocycles. The average Bonchev–Trinajstić information content (AvgIpc) is 2.93. The second-order valence-electron chi connectivity index (χ2n) is 4.57. The Morgan fingerprint density at radius 3 is 2.85 bits per heavy atom. The summed E-state index contributed by atoms with van der Waals surface area (Å²) in [5.41, 5.74) is 1.21. The molecule has 0 unspecified atom stereocenters. The molecule has 1 atom stereocenters. The lowest BCUT2D eigenvalue weighted by Crippen LogP contribution is -2.28. The number of rotatable bonds is 6. The van der Waals surface area contributed by atoms with Crippen molar-refractivity contribution in [3.8, 4) is 0 Å². The topological polar surface area (TPSA) is 46.9 Å². The van der Waals surface area contributed by atoms with Gasteiger partial charge >= 0.3 is 0 Å². The largest absolute Gasteiger partial charge is 0.343 e. The van der Waals surface area contributed by atoms with Crippen molar-refractivity contribution in [3.63, 3.8) is 0 Å². The molecule has 1 aromatic carbocycles. The summed E-state index contributed by atoms with van der Waals surface area (Å²) in [4.78, 5) is 15.9. The number of carbonyl (C=O) groups excluding carboxylic acids is 1. The molecule has 20 heavy (non-hydrogen) atoms. The van der Waals surface area contributed by atoms with Crippen LogP contribution in [0.1, 0.15) is 30.8 Å². The molecule has 1 N–H and O–H groups in total. The molecule has 4 heteroatoms. The predicted octanol–water partition coefficient (Wildman–Crippen LogP) is 2.68. The summed E-state index contributed by atoms with van der Waals surface area (Å²) in [7, 11) is 0. The molecule has 0 bridgehead atoms. The van der Waals surface area contributed by atoms with Gasteiger partial charge < -0.3 is 9.88 Å². The Morgan fingerprint density at radius 2 is 2.20 bits per heavy atom. The van der Waals surface area contributed by atoms with Crippen LogP contribution < -0.4 is 5.32 Å². The summed E-state index contributed by atoms with van der Waals surface area (Å²) in [5.74, 6) is 0.692. The lowest BCUT2D eigenvalue weighted by atomic mass is 10.2. The van der Waals surface area contributed by atoms with Crippen LogP contribution in [0.25, 0.3) is 0 Å². The number of carbonyl (C=O) groups is 1. The highest BCUT2D eigenvalue weighted by Crippen LogP contribution is 2.16. The van der Waals surface area contributed by atoms with Gasteiger partial charge in [0.15, 0.2) is 0 Å². The molecule has 4 nitrogen and oxygen atoms in total. The summed E-state index contributed by atoms with van der Waals surface area (Å²) in [6, 6.07) is 10.1. The van der Waals surface area contributed by atoms with E-state index in [1.54, 1.807) is 6.20 Å². The number of aromatic nitrogens is 2. The zero-order valence-electron chi connectivity index (χ0n) is 11.6. The van der Waals surface area contributed by atoms with Gasteiger partial charge in [0.25, 0.3) is 0 Å². The van der Waals surface area contributed by atoms with Crippen LogP contribution in [-0.4, -0.2) is 15.5 Å². The van der Waals surface area contributed by atoms with Crippen molar-refractivity contribution in [2.24, 2.45) is 0 Å². The molecule has 2 aromatic rings. The van der Waals surface area contributed by atoms with Crippen molar-refractivity contribution in [1.82, 2.24) is 14.9 Å². The molecule has 104 valence electrons. The van der Waals surface area contributed by atoms with Crippen LogP contribution in [0.5, 0.6) is 0 Å². The number of amides is 1. The Hall–Kier alpha value is -2.36. The minimum atomic E-state index is -0.175. The summed E-state index contributed by atoms with van der Waals surface area (Å²) < 4.78 is 2.06. The number of hydrogen-bond donors (Lipinski definition) is 1. The van der Waals surface area contributed by atoms with Gasteiger partial charge in [-0.15, -0.1) is 0 Å². The van der Waals surface area contributed by atoms with E-state index in [4.69, 9.17) is 0 Å². The van der Waals surface area contributed by atoms with Gasteiger partial charge in [0.1, 0.15) is 5.82 Å². The van der Waals surface area contributed by atoms with E-state index in [0.29, 0.717) is 0 Å². The highest BCUT2D eigenvalue weighted by molar-refractivity contribution is 5.87. The molecule has 0 saturated carbocycles. The van der Waals surface area contributed by atoms with E-state index in [2.05, 4.69) is 33.6 Å². The standard InChI is InChI=1S/C16H19N3O/c1-3-14(18-15(20)4-2)16-17-10-11-19(16)12-13-8-6-5-7-9-13/h4-11,14H,2-3,12H2,1H3,(H,18,20)/t14-/m1/s1. The van der Waals surface area contributed by atoms with Crippen LogP contribution in [-0.2, 0) is 11.3 Å². The van der Waals surface area contributed by atoms with Crippen molar-refractivity contribution in [2.75, 3.05) is 0 Å². The Bertz CT molecular complexity index is 574. The average molecular weight is 269 g/mol. The van der Waals surface area contributed by atoms with E-state index in [-0.39, 0.29) is 11.9 Å². The van der Waals surface area contributed by atoms with Crippen LogP contribution in [0.2, 0.25) is 0 Å². The summed E-state index contributed by atoms with van der Waals surface area (Å²) in [6.07, 6.45) is 5.77. The van der Waals surface area contributed by atoms with Gasteiger partial charge in [-0.2, -0.15) is 0 Å². The smallest absolute Gasteiger partial charge is 0.243 e. The van der Waals surface area contributed by atoms with Crippen molar-refractivity contribution in [1.29, 1.82) is 0 Å². The van der Waals surface area contributed by atoms with Gasteiger partial charge in [-0.05, 0) is 18.1 Å². The lowest BCUT2D eigenvalue weighted by Gasteiger charge is -2.17. The third-order valence-corrected chi connectivity index (χ3v) is 3.17. The fourth-order valence-electron chi connectivity index (χ4n) is 2.12. The number of nitrogens with zero attached hydrogens (tertiary/aromatic N) is 2. The van der Waals surface area contributed by atoms with E-state index < -0.39 is 0 Å². The van der Waals surface area contributed by atoms with Gasteiger partial charge in [-0.1, -0.05) is 43.8 Å². The lowest BCUT2D eigenvalue weighted by molar-refractivity contribution is -0.117. The van der Waals surface area contributed by atoms with Gasteiger partial charge in [0.2, 0.25) is 5.91 Å². The van der Waals surface area contributed by atoms with Crippen LogP contribution in [0, 0.1) is 0 Å². The van der Waals surface area contributed by atoms with Crippen LogP contribution in [0.4, 0.5) is 0 Å². The van der Waals surface area contributed by atoms with Crippen LogP contribution in [0.3, 0.4) is 0 Å². The van der Waals surface area contributed by atoms with Gasteiger partial charge in [0, 0.05) is 18.9 Å². The van der Waals surface area contributed by atoms with E-state index in [1.165, 1.54) is 11.6 Å². The molecule has 1 aromatic heterocycles. The minimum Gasteiger partial charge on any atom is -0.343 e. The van der Waals surface area contributed by atoms with Crippen LogP contribution in [0.15, 0.2) is 55.4 Å². The Kier molecular flexibility index (Phi) is 4.71. The first kappa shape index (κ1) is 14.1. The van der Waals surface area contributed by atoms with Crippen molar-refractivity contribution in [3.05, 3.63) is 66.8 Å². The molecule has 0 aliphatic heterocycles. The molecule has 0 radical (unpaired) electrons. The zero-order chi connectivity index (χ0) is 14.4. The third-order valence-electron chi connectivity index (χ3n) is 3.17. The quantitative estimate of drug-likeness (QED) is 0.820. The maximum absolute atomic E-state index is 11.5.